The number of amides is 9. The van der Waals surface area contributed by atoms with Gasteiger partial charge in [0.25, 0.3) is 0 Å². The highest BCUT2D eigenvalue weighted by atomic mass is 32.1. The summed E-state index contributed by atoms with van der Waals surface area (Å²) in [4.78, 5) is 139. The zero-order chi connectivity index (χ0) is 52.6. The van der Waals surface area contributed by atoms with Crippen molar-refractivity contribution >= 4 is 71.8 Å². The van der Waals surface area contributed by atoms with Crippen molar-refractivity contribution in [3.05, 3.63) is 29.8 Å². The van der Waals surface area contributed by atoms with Crippen molar-refractivity contribution in [2.75, 3.05) is 58.2 Å². The van der Waals surface area contributed by atoms with E-state index in [0.717, 1.165) is 4.90 Å². The van der Waals surface area contributed by atoms with Crippen LogP contribution in [0.25, 0.3) is 0 Å². The number of hydrogen-bond donors (Lipinski definition) is 12. The lowest BCUT2D eigenvalue weighted by Crippen LogP contribution is -2.60. The number of carbonyl (C=O) groups excluding carboxylic acids is 9. The van der Waals surface area contributed by atoms with E-state index >= 15 is 0 Å². The zero-order valence-corrected chi connectivity index (χ0v) is 41.0. The maximum absolute atomic E-state index is 14.3. The number of unbranched alkanes of at least 4 members (excludes halogenated alkanes) is 1. The minimum Gasteiger partial charge on any atom is -0.508 e. The summed E-state index contributed by atoms with van der Waals surface area (Å²) in [6.07, 6.45) is 3.77. The molecule has 72 heavy (non-hydrogen) atoms. The molecule has 398 valence electrons. The quantitative estimate of drug-likeness (QED) is 0.0343. The molecule has 4 aliphatic heterocycles. The van der Waals surface area contributed by atoms with Gasteiger partial charge in [0.2, 0.25) is 53.2 Å². The van der Waals surface area contributed by atoms with Crippen LogP contribution in [0.3, 0.4) is 0 Å². The fourth-order valence-corrected chi connectivity index (χ4v) is 9.81. The Bertz CT molecular complexity index is 2140. The third-order valence-electron chi connectivity index (χ3n) is 13.5. The Morgan fingerprint density at radius 1 is 0.625 bits per heavy atom. The molecule has 26 heteroatoms. The molecule has 0 aliphatic carbocycles. The highest BCUT2D eigenvalue weighted by Gasteiger charge is 2.46. The number of likely N-dealkylation sites (tertiary alicyclic amines) is 4. The van der Waals surface area contributed by atoms with E-state index in [1.165, 1.54) is 26.8 Å². The first-order valence-corrected chi connectivity index (χ1v) is 25.1. The summed E-state index contributed by atoms with van der Waals surface area (Å²) in [5, 5.41) is 51.5. The molecule has 0 bridgehead atoms. The van der Waals surface area contributed by atoms with Gasteiger partial charge in [-0.25, -0.2) is 4.79 Å². The second kappa shape index (κ2) is 27.1. The van der Waals surface area contributed by atoms with Crippen LogP contribution in [0.15, 0.2) is 24.3 Å². The third kappa shape index (κ3) is 14.5. The van der Waals surface area contributed by atoms with Gasteiger partial charge in [-0.05, 0) is 94.9 Å². The summed E-state index contributed by atoms with van der Waals surface area (Å²) in [5.41, 5.74) is 11.8. The van der Waals surface area contributed by atoms with Gasteiger partial charge in [-0.15, -0.1) is 0 Å². The molecule has 0 aromatic heterocycles. The summed E-state index contributed by atoms with van der Waals surface area (Å²) in [6, 6.07) is -4.75. The number of benzene rings is 1. The Labute approximate surface area is 421 Å². The van der Waals surface area contributed by atoms with Crippen LogP contribution >= 0.6 is 12.6 Å². The van der Waals surface area contributed by atoms with E-state index in [0.29, 0.717) is 50.6 Å². The van der Waals surface area contributed by atoms with Crippen LogP contribution in [-0.2, 0) is 54.4 Å². The predicted molar refractivity (Wildman–Crippen MR) is 258 cm³/mol. The highest BCUT2D eigenvalue weighted by molar-refractivity contribution is 7.80. The molecule has 9 atom stereocenters. The average molecular weight is 1030 g/mol. The molecular weight excluding hydrogens is 963 g/mol. The number of carboxylic acid groups (broad SMARTS) is 1. The number of nitrogens with one attached hydrogen (secondary N) is 5. The lowest BCUT2D eigenvalue weighted by Gasteiger charge is -2.34. The number of phenols is 1. The molecule has 1 aromatic carbocycles. The summed E-state index contributed by atoms with van der Waals surface area (Å²) in [7, 11) is 0. The predicted octanol–water partition coefficient (Wildman–Crippen LogP) is -4.59. The number of thiol groups is 1. The van der Waals surface area contributed by atoms with Gasteiger partial charge in [0.15, 0.2) is 0 Å². The molecule has 25 nitrogen and oxygen atoms in total. The van der Waals surface area contributed by atoms with E-state index in [1.54, 1.807) is 12.1 Å². The molecule has 0 radical (unpaired) electrons. The van der Waals surface area contributed by atoms with Gasteiger partial charge < -0.3 is 78.1 Å². The van der Waals surface area contributed by atoms with Crippen LogP contribution in [0, 0.1) is 0 Å². The largest absolute Gasteiger partial charge is 0.508 e. The molecule has 4 saturated heterocycles. The van der Waals surface area contributed by atoms with Crippen LogP contribution < -0.4 is 38.1 Å². The van der Waals surface area contributed by atoms with Gasteiger partial charge in [0.1, 0.15) is 60.1 Å². The van der Waals surface area contributed by atoms with E-state index in [1.807, 2.05) is 0 Å². The topological polar surface area (TPSA) is 377 Å². The van der Waals surface area contributed by atoms with Crippen molar-refractivity contribution in [3.8, 4) is 5.75 Å². The molecule has 0 spiro atoms. The average Bonchev–Trinajstić information content (AvgIpc) is 4.23. The minimum absolute atomic E-state index is 0.0375. The number of rotatable bonds is 24. The summed E-state index contributed by atoms with van der Waals surface area (Å²) < 4.78 is 0. The van der Waals surface area contributed by atoms with Crippen molar-refractivity contribution in [3.63, 3.8) is 0 Å². The Balaban J connectivity index is 1.20. The first-order valence-electron chi connectivity index (χ1n) is 24.4. The zero-order valence-electron chi connectivity index (χ0n) is 40.1. The number of carboxylic acids is 1. The number of nitrogens with zero attached hydrogens (tertiary/aromatic N) is 4. The van der Waals surface area contributed by atoms with E-state index in [4.69, 9.17) is 11.5 Å². The standard InChI is InChI=1S/C46H69N11O14S/c47-16-2-1-7-29(50-38(62)28(48)23-58)40(64)51-30(21-26-12-14-27(60)15-13-26)39(63)49-22-37(61)54-17-4-9-34(54)44(68)56-19-5-10-35(56)45(69)55-18-3-8-33(55)42(66)52-31(24-59)41(65)53-32(25-72)43(67)57-20-6-11-36(57)46(70)71/h12-15,28-36,58-60,72H,1-11,16-25,47-48H2,(H,49,63)(H,50,62)(H,51,64)(H,52,66)(H,53,65)(H,70,71)/t28-,29-,30-,31-,32-,33-,34-,35-,36-/m0/s1. The molecule has 4 fully saturated rings. The summed E-state index contributed by atoms with van der Waals surface area (Å²) >= 11 is 4.16. The number of aliphatic hydroxyl groups is 2. The van der Waals surface area contributed by atoms with Gasteiger partial charge >= 0.3 is 5.97 Å². The molecule has 0 unspecified atom stereocenters. The number of phenolic OH excluding ortho intramolecular Hbond substituents is 1. The Hall–Kier alpha value is -6.09. The maximum atomic E-state index is 14.3. The number of nitrogens with two attached hydrogens (primary N) is 2. The SMILES string of the molecule is NCCCC[C@H](NC(=O)[C@@H](N)CO)C(=O)N[C@@H](Cc1ccc(O)cc1)C(=O)NCC(=O)N1CCC[C@H]1C(=O)N1CCC[C@H]1C(=O)N1CCC[C@H]1C(=O)N[C@@H](CO)C(=O)N[C@@H](CS)C(=O)N1CCC[C@H]1C(=O)O. The first kappa shape index (κ1) is 56.8. The number of carbonyl (C=O) groups is 10. The third-order valence-corrected chi connectivity index (χ3v) is 13.9. The van der Waals surface area contributed by atoms with Gasteiger partial charge in [0.05, 0.1) is 19.8 Å². The lowest BCUT2D eigenvalue weighted by atomic mass is 10.0. The molecular formula is C46H69N11O14S. The van der Waals surface area contributed by atoms with Crippen LogP contribution in [-0.4, -0.2) is 212 Å². The number of aliphatic hydroxyl groups excluding tert-OH is 2. The van der Waals surface area contributed by atoms with Crippen molar-refractivity contribution in [1.29, 1.82) is 0 Å². The van der Waals surface area contributed by atoms with Gasteiger partial charge in [-0.1, -0.05) is 12.1 Å². The van der Waals surface area contributed by atoms with Crippen LogP contribution in [0.1, 0.15) is 76.2 Å². The molecule has 13 N–H and O–H groups in total. The second-order valence-corrected chi connectivity index (χ2v) is 18.8. The van der Waals surface area contributed by atoms with E-state index in [2.05, 4.69) is 39.2 Å². The maximum Gasteiger partial charge on any atom is 0.326 e. The monoisotopic (exact) mass is 1030 g/mol. The van der Waals surface area contributed by atoms with Crippen molar-refractivity contribution in [2.24, 2.45) is 11.5 Å². The van der Waals surface area contributed by atoms with E-state index in [9.17, 15) is 68.4 Å². The molecule has 9 amide bonds. The normalized spacial score (nSPS) is 21.8. The molecule has 1 aromatic rings. The minimum atomic E-state index is -1.54. The Morgan fingerprint density at radius 3 is 1.74 bits per heavy atom. The van der Waals surface area contributed by atoms with Gasteiger partial charge in [-0.2, -0.15) is 12.6 Å². The Morgan fingerprint density at radius 2 is 1.15 bits per heavy atom. The fraction of sp³-hybridized carbons (Fsp3) is 0.652. The van der Waals surface area contributed by atoms with Crippen molar-refractivity contribution in [2.45, 2.75) is 131 Å². The van der Waals surface area contributed by atoms with Crippen molar-refractivity contribution < 1.29 is 68.4 Å². The second-order valence-electron chi connectivity index (χ2n) is 18.4. The van der Waals surface area contributed by atoms with Crippen LogP contribution in [0.5, 0.6) is 5.75 Å². The summed E-state index contributed by atoms with van der Waals surface area (Å²) in [6.45, 7) is -1.10. The van der Waals surface area contributed by atoms with E-state index < -0.39 is 133 Å². The number of hydrogen-bond acceptors (Lipinski definition) is 16. The number of aliphatic carboxylic acids is 1. The van der Waals surface area contributed by atoms with Crippen molar-refractivity contribution in [1.82, 2.24) is 46.2 Å². The fourth-order valence-electron chi connectivity index (χ4n) is 9.56. The molecule has 4 aliphatic rings. The highest BCUT2D eigenvalue weighted by Crippen LogP contribution is 2.29. The first-order chi connectivity index (χ1) is 34.4. The van der Waals surface area contributed by atoms with E-state index in [-0.39, 0.29) is 76.2 Å². The molecule has 5 rings (SSSR count). The lowest BCUT2D eigenvalue weighted by molar-refractivity contribution is -0.150. The molecule has 0 saturated carbocycles. The smallest absolute Gasteiger partial charge is 0.326 e. The Kier molecular flexibility index (Phi) is 21.4. The van der Waals surface area contributed by atoms with Gasteiger partial charge in [-0.3, -0.25) is 43.2 Å². The van der Waals surface area contributed by atoms with Crippen LogP contribution in [0.2, 0.25) is 0 Å². The molecule has 4 heterocycles. The van der Waals surface area contributed by atoms with Crippen LogP contribution in [0.4, 0.5) is 0 Å². The van der Waals surface area contributed by atoms with Gasteiger partial charge in [0, 0.05) is 38.4 Å². The summed E-state index contributed by atoms with van der Waals surface area (Å²) in [5.74, 6) is -7.65. The number of aromatic hydroxyl groups is 1.